The fourth-order valence-corrected chi connectivity index (χ4v) is 4.54. The van der Waals surface area contributed by atoms with Gasteiger partial charge in [0.1, 0.15) is 5.60 Å². The molecule has 3 fully saturated rings. The summed E-state index contributed by atoms with van der Waals surface area (Å²) in [5.74, 6) is 3.47. The second-order valence-electron chi connectivity index (χ2n) is 6.75. The van der Waals surface area contributed by atoms with Gasteiger partial charge in [-0.2, -0.15) is 0 Å². The summed E-state index contributed by atoms with van der Waals surface area (Å²) in [5.41, 5.74) is -0.132. The van der Waals surface area contributed by atoms with Crippen LogP contribution in [0.2, 0.25) is 0 Å². The molecule has 0 amide bonds. The number of carbonyl (C=O) groups is 1. The Kier molecular flexibility index (Phi) is 2.53. The van der Waals surface area contributed by atoms with Crippen LogP contribution in [0.15, 0.2) is 0 Å². The maximum Gasteiger partial charge on any atom is 0.309 e. The Balaban J connectivity index is 1.69. The van der Waals surface area contributed by atoms with Crippen molar-refractivity contribution in [3.63, 3.8) is 0 Å². The summed E-state index contributed by atoms with van der Waals surface area (Å²) in [5, 5.41) is 0. The van der Waals surface area contributed by atoms with Gasteiger partial charge in [-0.1, -0.05) is 13.8 Å². The normalized spacial score (nSPS) is 48.4. The van der Waals surface area contributed by atoms with Crippen LogP contribution in [0, 0.1) is 29.6 Å². The van der Waals surface area contributed by atoms with Gasteiger partial charge in [0.05, 0.1) is 5.92 Å². The number of fused-ring (bicyclic) bond motifs is 5. The molecule has 3 rings (SSSR count). The number of esters is 1. The van der Waals surface area contributed by atoms with Crippen molar-refractivity contribution in [1.82, 2.24) is 0 Å². The molecule has 0 aromatic rings. The van der Waals surface area contributed by atoms with Crippen LogP contribution in [0.3, 0.4) is 0 Å². The molecule has 3 aliphatic carbocycles. The predicted molar refractivity (Wildman–Crippen MR) is 66.4 cm³/mol. The van der Waals surface area contributed by atoms with Crippen LogP contribution >= 0.6 is 0 Å². The van der Waals surface area contributed by atoms with Crippen LogP contribution in [0.25, 0.3) is 0 Å². The number of ether oxygens (including phenoxy) is 1. The van der Waals surface area contributed by atoms with Gasteiger partial charge in [-0.15, -0.1) is 0 Å². The zero-order valence-corrected chi connectivity index (χ0v) is 11.2. The van der Waals surface area contributed by atoms with E-state index in [1.165, 1.54) is 19.3 Å². The van der Waals surface area contributed by atoms with Crippen LogP contribution in [-0.4, -0.2) is 11.6 Å². The first-order valence-electron chi connectivity index (χ1n) is 7.28. The average molecular weight is 236 g/mol. The van der Waals surface area contributed by atoms with Crippen molar-refractivity contribution >= 4 is 5.97 Å². The van der Waals surface area contributed by atoms with Gasteiger partial charge in [0.2, 0.25) is 0 Å². The molecule has 0 saturated heterocycles. The molecule has 0 spiro atoms. The second kappa shape index (κ2) is 3.73. The van der Waals surface area contributed by atoms with Crippen LogP contribution < -0.4 is 0 Å². The molecular formula is C15H24O2. The second-order valence-corrected chi connectivity index (χ2v) is 6.75. The molecule has 2 heteroatoms. The fourth-order valence-electron chi connectivity index (χ4n) is 4.54. The molecule has 3 saturated carbocycles. The summed E-state index contributed by atoms with van der Waals surface area (Å²) in [6, 6.07) is 0. The lowest BCUT2D eigenvalue weighted by Gasteiger charge is -2.48. The molecule has 0 aliphatic heterocycles. The molecule has 0 aromatic heterocycles. The molecule has 0 aromatic carbocycles. The molecule has 3 aliphatic rings. The quantitative estimate of drug-likeness (QED) is 0.702. The standard InChI is InChI=1S/C15H24O2/c1-4-9(2)14(16)17-15(3)8-10-7-13(15)12-6-5-11(10)12/h9-13H,4-8H2,1-3H3/t9?,10?,11-,12?,13?,15?/m1/s1. The third-order valence-corrected chi connectivity index (χ3v) is 5.86. The Bertz CT molecular complexity index is 336. The van der Waals surface area contributed by atoms with Crippen molar-refractivity contribution in [2.24, 2.45) is 29.6 Å². The van der Waals surface area contributed by atoms with Crippen LogP contribution in [0.4, 0.5) is 0 Å². The maximum atomic E-state index is 12.0. The van der Waals surface area contributed by atoms with Gasteiger partial charge in [0.25, 0.3) is 0 Å². The first-order chi connectivity index (χ1) is 8.05. The van der Waals surface area contributed by atoms with E-state index in [1.54, 1.807) is 0 Å². The molecule has 0 radical (unpaired) electrons. The van der Waals surface area contributed by atoms with Crippen molar-refractivity contribution < 1.29 is 9.53 Å². The highest BCUT2D eigenvalue weighted by Crippen LogP contribution is 2.65. The Morgan fingerprint density at radius 1 is 1.41 bits per heavy atom. The third-order valence-electron chi connectivity index (χ3n) is 5.86. The van der Waals surface area contributed by atoms with E-state index in [0.29, 0.717) is 5.92 Å². The van der Waals surface area contributed by atoms with E-state index in [2.05, 4.69) is 13.8 Å². The van der Waals surface area contributed by atoms with Gasteiger partial charge in [0, 0.05) is 5.92 Å². The monoisotopic (exact) mass is 236 g/mol. The average Bonchev–Trinajstić information content (AvgIpc) is 2.64. The van der Waals surface area contributed by atoms with Crippen LogP contribution in [0.5, 0.6) is 0 Å². The van der Waals surface area contributed by atoms with Gasteiger partial charge in [-0.25, -0.2) is 0 Å². The van der Waals surface area contributed by atoms with Crippen molar-refractivity contribution in [2.45, 2.75) is 58.5 Å². The minimum atomic E-state index is -0.132. The van der Waals surface area contributed by atoms with E-state index in [4.69, 9.17) is 4.74 Å². The van der Waals surface area contributed by atoms with Crippen molar-refractivity contribution in [1.29, 1.82) is 0 Å². The van der Waals surface area contributed by atoms with Crippen molar-refractivity contribution in [2.75, 3.05) is 0 Å². The van der Waals surface area contributed by atoms with Crippen molar-refractivity contribution in [3.05, 3.63) is 0 Å². The topological polar surface area (TPSA) is 26.3 Å². The zero-order valence-electron chi connectivity index (χ0n) is 11.2. The Labute approximate surface area is 104 Å². The van der Waals surface area contributed by atoms with Crippen LogP contribution in [0.1, 0.15) is 52.9 Å². The predicted octanol–water partition coefficient (Wildman–Crippen LogP) is 3.40. The molecule has 6 atom stereocenters. The zero-order chi connectivity index (χ0) is 12.2. The molecule has 0 heterocycles. The maximum absolute atomic E-state index is 12.0. The summed E-state index contributed by atoms with van der Waals surface area (Å²) < 4.78 is 5.90. The van der Waals surface area contributed by atoms with E-state index in [0.717, 1.165) is 30.6 Å². The molecule has 0 N–H and O–H groups in total. The highest BCUT2D eigenvalue weighted by Gasteiger charge is 2.62. The van der Waals surface area contributed by atoms with E-state index >= 15 is 0 Å². The number of hydrogen-bond acceptors (Lipinski definition) is 2. The van der Waals surface area contributed by atoms with Crippen LogP contribution in [-0.2, 0) is 9.53 Å². The number of rotatable bonds is 3. The van der Waals surface area contributed by atoms with E-state index in [-0.39, 0.29) is 17.5 Å². The highest BCUT2D eigenvalue weighted by molar-refractivity contribution is 5.72. The summed E-state index contributed by atoms with van der Waals surface area (Å²) in [6.45, 7) is 6.22. The van der Waals surface area contributed by atoms with E-state index in [1.807, 2.05) is 6.92 Å². The lowest BCUT2D eigenvalue weighted by atomic mass is 9.61. The van der Waals surface area contributed by atoms with Crippen molar-refractivity contribution in [3.8, 4) is 0 Å². The van der Waals surface area contributed by atoms with Gasteiger partial charge >= 0.3 is 5.97 Å². The number of hydrogen-bond donors (Lipinski definition) is 0. The smallest absolute Gasteiger partial charge is 0.309 e. The molecular weight excluding hydrogens is 212 g/mol. The summed E-state index contributed by atoms with van der Waals surface area (Å²) in [4.78, 5) is 12.0. The Hall–Kier alpha value is -0.530. The SMILES string of the molecule is CCC(C)C(=O)OC1(C)CC2CC1C1CC[C@H]21. The lowest BCUT2D eigenvalue weighted by Crippen LogP contribution is -2.47. The minimum absolute atomic E-state index is 0.0263. The van der Waals surface area contributed by atoms with E-state index in [9.17, 15) is 4.79 Å². The van der Waals surface area contributed by atoms with Gasteiger partial charge in [0.15, 0.2) is 0 Å². The minimum Gasteiger partial charge on any atom is -0.459 e. The Morgan fingerprint density at radius 2 is 2.12 bits per heavy atom. The largest absolute Gasteiger partial charge is 0.459 e. The van der Waals surface area contributed by atoms with Gasteiger partial charge in [-0.05, 0) is 56.8 Å². The number of carbonyl (C=O) groups excluding carboxylic acids is 1. The van der Waals surface area contributed by atoms with Gasteiger partial charge in [-0.3, -0.25) is 4.79 Å². The first-order valence-corrected chi connectivity index (χ1v) is 7.28. The lowest BCUT2D eigenvalue weighted by molar-refractivity contribution is -0.175. The molecule has 2 nitrogen and oxygen atoms in total. The summed E-state index contributed by atoms with van der Waals surface area (Å²) in [7, 11) is 0. The highest BCUT2D eigenvalue weighted by atomic mass is 16.6. The molecule has 96 valence electrons. The first kappa shape index (κ1) is 11.6. The van der Waals surface area contributed by atoms with E-state index < -0.39 is 0 Å². The van der Waals surface area contributed by atoms with Gasteiger partial charge < -0.3 is 4.74 Å². The molecule has 17 heavy (non-hydrogen) atoms. The molecule has 5 unspecified atom stereocenters. The Morgan fingerprint density at radius 3 is 2.65 bits per heavy atom. The summed E-state index contributed by atoms with van der Waals surface area (Å²) in [6.07, 6.45) is 6.14. The third kappa shape index (κ3) is 1.56. The fraction of sp³-hybridized carbons (Fsp3) is 0.933. The summed E-state index contributed by atoms with van der Waals surface area (Å²) >= 11 is 0. The molecule has 2 bridgehead atoms.